The van der Waals surface area contributed by atoms with Crippen molar-refractivity contribution < 1.29 is 23.5 Å². The highest BCUT2D eigenvalue weighted by Crippen LogP contribution is 2.38. The zero-order valence-electron chi connectivity index (χ0n) is 18.0. The number of piperazine rings is 1. The molecule has 3 atom stereocenters. The Balaban J connectivity index is 2.01. The van der Waals surface area contributed by atoms with Gasteiger partial charge in [0.15, 0.2) is 11.5 Å². The van der Waals surface area contributed by atoms with Crippen molar-refractivity contribution in [1.82, 2.24) is 9.88 Å². The van der Waals surface area contributed by atoms with E-state index in [1.807, 2.05) is 43.0 Å². The first kappa shape index (κ1) is 22.5. The fourth-order valence-corrected chi connectivity index (χ4v) is 4.37. The molecule has 1 saturated heterocycles. The van der Waals surface area contributed by atoms with Crippen molar-refractivity contribution in [2.24, 2.45) is 5.73 Å². The fourth-order valence-electron chi connectivity index (χ4n) is 4.37. The molecule has 31 heavy (non-hydrogen) atoms. The molecule has 2 aromatic rings. The van der Waals surface area contributed by atoms with Gasteiger partial charge in [0.1, 0.15) is 5.75 Å². The first-order chi connectivity index (χ1) is 14.7. The first-order valence-corrected chi connectivity index (χ1v) is 9.96. The van der Waals surface area contributed by atoms with Gasteiger partial charge >= 0.3 is 11.9 Å². The second-order valence-corrected chi connectivity index (χ2v) is 7.85. The Morgan fingerprint density at radius 2 is 2.10 bits per heavy atom. The van der Waals surface area contributed by atoms with Gasteiger partial charge in [0, 0.05) is 24.8 Å². The van der Waals surface area contributed by atoms with Crippen LogP contribution in [0.2, 0.25) is 0 Å². The number of methoxy groups -OCH3 is 1. The molecule has 0 saturated carbocycles. The maximum Gasteiger partial charge on any atom is 0.398 e. The van der Waals surface area contributed by atoms with Crippen molar-refractivity contribution in [3.8, 4) is 5.75 Å². The highest BCUT2D eigenvalue weighted by Gasteiger charge is 2.48. The molecule has 8 nitrogen and oxygen atoms in total. The Bertz CT molecular complexity index is 972. The molecule has 0 aliphatic carbocycles. The Hall–Kier alpha value is -3.20. The minimum atomic E-state index is -1.26. The first-order valence-electron chi connectivity index (χ1n) is 9.96. The number of anilines is 1. The van der Waals surface area contributed by atoms with E-state index in [1.165, 1.54) is 6.20 Å². The van der Waals surface area contributed by atoms with E-state index < -0.39 is 23.4 Å². The lowest BCUT2D eigenvalue weighted by molar-refractivity contribution is -0.196. The van der Waals surface area contributed by atoms with Crippen LogP contribution in [0.25, 0.3) is 0 Å². The van der Waals surface area contributed by atoms with Gasteiger partial charge in [-0.3, -0.25) is 14.7 Å². The van der Waals surface area contributed by atoms with Gasteiger partial charge in [-0.05, 0) is 44.5 Å². The molecular weight excluding hydrogens is 403 g/mol. The van der Waals surface area contributed by atoms with Crippen LogP contribution in [-0.2, 0) is 14.3 Å². The number of hydrogen-bond donors (Lipinski definition) is 1. The molecule has 1 aromatic carbocycles. The molecule has 2 N–H and O–H groups in total. The van der Waals surface area contributed by atoms with E-state index >= 15 is 0 Å². The largest absolute Gasteiger partial charge is 0.497 e. The minimum absolute atomic E-state index is 0.131. The van der Waals surface area contributed by atoms with Gasteiger partial charge in [-0.1, -0.05) is 12.1 Å². The number of ether oxygens (including phenoxy) is 2. The summed E-state index contributed by atoms with van der Waals surface area (Å²) in [6, 6.07) is 8.77. The van der Waals surface area contributed by atoms with Crippen LogP contribution in [0.15, 0.2) is 42.7 Å². The Kier molecular flexibility index (Phi) is 6.45. The van der Waals surface area contributed by atoms with Gasteiger partial charge in [0.05, 0.1) is 25.5 Å². The summed E-state index contributed by atoms with van der Waals surface area (Å²) in [4.78, 5) is 31.2. The van der Waals surface area contributed by atoms with E-state index in [4.69, 9.17) is 15.2 Å². The average Bonchev–Trinajstić information content (AvgIpc) is 2.73. The predicted molar refractivity (Wildman–Crippen MR) is 113 cm³/mol. The van der Waals surface area contributed by atoms with Crippen molar-refractivity contribution in [2.75, 3.05) is 25.1 Å². The zero-order valence-corrected chi connectivity index (χ0v) is 18.0. The molecular formula is C22H27FN4O4. The van der Waals surface area contributed by atoms with Crippen molar-refractivity contribution in [2.45, 2.75) is 38.6 Å². The van der Waals surface area contributed by atoms with E-state index in [0.717, 1.165) is 11.8 Å². The highest BCUT2D eigenvalue weighted by atomic mass is 19.1. The Labute approximate surface area is 180 Å². The van der Waals surface area contributed by atoms with Crippen LogP contribution in [-0.4, -0.2) is 53.7 Å². The highest BCUT2D eigenvalue weighted by molar-refractivity contribution is 6.31. The number of primary amides is 1. The minimum Gasteiger partial charge on any atom is -0.497 e. The number of benzene rings is 1. The van der Waals surface area contributed by atoms with E-state index in [1.54, 1.807) is 25.0 Å². The van der Waals surface area contributed by atoms with Gasteiger partial charge in [0.25, 0.3) is 0 Å². The smallest absolute Gasteiger partial charge is 0.398 e. The molecule has 0 radical (unpaired) electrons. The third-order valence-corrected chi connectivity index (χ3v) is 5.59. The van der Waals surface area contributed by atoms with Crippen LogP contribution in [0.3, 0.4) is 0 Å². The normalized spacial score (nSPS) is 22.6. The summed E-state index contributed by atoms with van der Waals surface area (Å²) in [5.41, 5.74) is 5.18. The summed E-state index contributed by atoms with van der Waals surface area (Å²) in [6.45, 7) is 6.24. The number of carbonyl (C=O) groups is 2. The van der Waals surface area contributed by atoms with E-state index in [-0.39, 0.29) is 18.6 Å². The summed E-state index contributed by atoms with van der Waals surface area (Å²) < 4.78 is 25.4. The standard InChI is InChI=1S/C22H27FN4O4/c1-14-12-26(19-8-9-25-11-18(19)23)13-22(3,31-21(29)20(24)28)27(14)15(2)16-6-5-7-17(10-16)30-4/h5-11,14-15H,12-13H2,1-4H3,(H2,24,28)/t14-,15-,22-/m1/s1. The molecule has 1 aromatic heterocycles. The second kappa shape index (κ2) is 8.89. The maximum atomic E-state index is 14.4. The average molecular weight is 430 g/mol. The van der Waals surface area contributed by atoms with Crippen molar-refractivity contribution in [3.63, 3.8) is 0 Å². The topological polar surface area (TPSA) is 98.0 Å². The summed E-state index contributed by atoms with van der Waals surface area (Å²) in [5, 5.41) is 0. The molecule has 1 aliphatic rings. The molecule has 166 valence electrons. The lowest BCUT2D eigenvalue weighted by Crippen LogP contribution is -2.67. The molecule has 0 unspecified atom stereocenters. The van der Waals surface area contributed by atoms with Gasteiger partial charge < -0.3 is 20.1 Å². The number of halogens is 1. The van der Waals surface area contributed by atoms with Gasteiger partial charge in [-0.15, -0.1) is 0 Å². The number of aromatic nitrogens is 1. The van der Waals surface area contributed by atoms with Crippen molar-refractivity contribution in [1.29, 1.82) is 0 Å². The molecule has 0 bridgehead atoms. The zero-order chi connectivity index (χ0) is 22.8. The van der Waals surface area contributed by atoms with Crippen LogP contribution < -0.4 is 15.4 Å². The third-order valence-electron chi connectivity index (χ3n) is 5.59. The van der Waals surface area contributed by atoms with E-state index in [2.05, 4.69) is 4.98 Å². The number of esters is 1. The van der Waals surface area contributed by atoms with E-state index in [9.17, 15) is 14.0 Å². The Morgan fingerprint density at radius 3 is 2.74 bits per heavy atom. The summed E-state index contributed by atoms with van der Waals surface area (Å²) in [5.74, 6) is -2.11. The van der Waals surface area contributed by atoms with Crippen LogP contribution in [0.1, 0.15) is 32.4 Å². The van der Waals surface area contributed by atoms with Crippen LogP contribution >= 0.6 is 0 Å². The number of rotatable bonds is 5. The van der Waals surface area contributed by atoms with Gasteiger partial charge in [-0.25, -0.2) is 9.18 Å². The number of carbonyl (C=O) groups excluding carboxylic acids is 2. The summed E-state index contributed by atoms with van der Waals surface area (Å²) >= 11 is 0. The van der Waals surface area contributed by atoms with Crippen LogP contribution in [0, 0.1) is 5.82 Å². The lowest BCUT2D eigenvalue weighted by atomic mass is 9.96. The molecule has 1 amide bonds. The fraction of sp³-hybridized carbons (Fsp3) is 0.409. The van der Waals surface area contributed by atoms with E-state index in [0.29, 0.717) is 18.0 Å². The third kappa shape index (κ3) is 4.61. The van der Waals surface area contributed by atoms with Crippen molar-refractivity contribution in [3.05, 3.63) is 54.1 Å². The number of pyridine rings is 1. The molecule has 2 heterocycles. The second-order valence-electron chi connectivity index (χ2n) is 7.85. The number of nitrogens with zero attached hydrogens (tertiary/aromatic N) is 3. The number of amides is 1. The molecule has 1 aliphatic heterocycles. The maximum absolute atomic E-state index is 14.4. The monoisotopic (exact) mass is 430 g/mol. The molecule has 3 rings (SSSR count). The SMILES string of the molecule is COc1cccc([C@@H](C)N2[C@H](C)CN(c3ccncc3F)C[C@@]2(C)OC(=O)C(N)=O)c1. The number of hydrogen-bond acceptors (Lipinski definition) is 7. The van der Waals surface area contributed by atoms with Crippen LogP contribution in [0.4, 0.5) is 10.1 Å². The summed E-state index contributed by atoms with van der Waals surface area (Å²) in [7, 11) is 1.59. The quantitative estimate of drug-likeness (QED) is 0.574. The van der Waals surface area contributed by atoms with Gasteiger partial charge in [0.2, 0.25) is 0 Å². The lowest BCUT2D eigenvalue weighted by Gasteiger charge is -2.54. The predicted octanol–water partition coefficient (Wildman–Crippen LogP) is 2.25. The van der Waals surface area contributed by atoms with Crippen LogP contribution in [0.5, 0.6) is 5.75 Å². The number of nitrogens with two attached hydrogens (primary N) is 1. The summed E-state index contributed by atoms with van der Waals surface area (Å²) in [6.07, 6.45) is 2.64. The molecule has 9 heteroatoms. The molecule has 0 spiro atoms. The Morgan fingerprint density at radius 1 is 1.35 bits per heavy atom. The molecule has 1 fully saturated rings. The van der Waals surface area contributed by atoms with Crippen molar-refractivity contribution >= 4 is 17.6 Å². The van der Waals surface area contributed by atoms with Gasteiger partial charge in [-0.2, -0.15) is 0 Å².